The van der Waals surface area contributed by atoms with Crippen LogP contribution in [-0.4, -0.2) is 37.5 Å². The topological polar surface area (TPSA) is 83.6 Å². The number of carbonyl (C=O) groups excluding carboxylic acids is 2. The zero-order valence-electron chi connectivity index (χ0n) is 16.7. The molecule has 3 aromatic carbocycles. The van der Waals surface area contributed by atoms with Crippen LogP contribution in [0.5, 0.6) is 0 Å². The Balaban J connectivity index is 1.35. The molecule has 1 heterocycles. The second-order valence-corrected chi connectivity index (χ2v) is 9.66. The highest BCUT2D eigenvalue weighted by molar-refractivity contribution is 7.89. The lowest BCUT2D eigenvalue weighted by atomic mass is 10.0. The number of hydrogen-bond donors (Lipinski definition) is 1. The van der Waals surface area contributed by atoms with Crippen LogP contribution in [0.2, 0.25) is 0 Å². The molecule has 2 aliphatic rings. The van der Waals surface area contributed by atoms with E-state index in [-0.39, 0.29) is 16.6 Å². The minimum atomic E-state index is -3.49. The molecule has 0 aromatic heterocycles. The quantitative estimate of drug-likeness (QED) is 0.530. The lowest BCUT2D eigenvalue weighted by molar-refractivity contribution is 0.102. The number of fused-ring (bicyclic) bond motifs is 3. The van der Waals surface area contributed by atoms with Crippen molar-refractivity contribution in [1.29, 1.82) is 0 Å². The van der Waals surface area contributed by atoms with Gasteiger partial charge in [-0.3, -0.25) is 9.59 Å². The molecule has 0 saturated carbocycles. The zero-order chi connectivity index (χ0) is 21.6. The number of carbonyl (C=O) groups is 2. The maximum atomic E-state index is 12.7. The Morgan fingerprint density at radius 3 is 2.16 bits per heavy atom. The lowest BCUT2D eigenvalue weighted by Crippen LogP contribution is -2.27. The largest absolute Gasteiger partial charge is 0.322 e. The van der Waals surface area contributed by atoms with Gasteiger partial charge in [0.1, 0.15) is 0 Å². The van der Waals surface area contributed by atoms with E-state index in [2.05, 4.69) is 5.32 Å². The highest BCUT2D eigenvalue weighted by Gasteiger charge is 2.28. The van der Waals surface area contributed by atoms with Gasteiger partial charge >= 0.3 is 0 Å². The molecule has 156 valence electrons. The molecular formula is C24H20N2O4S. The van der Waals surface area contributed by atoms with E-state index in [1.54, 1.807) is 36.4 Å². The third-order valence-corrected chi connectivity index (χ3v) is 7.72. The Labute approximate surface area is 180 Å². The first-order valence-corrected chi connectivity index (χ1v) is 11.6. The summed E-state index contributed by atoms with van der Waals surface area (Å²) in [6, 6.07) is 18.7. The minimum Gasteiger partial charge on any atom is -0.322 e. The lowest BCUT2D eigenvalue weighted by Gasteiger charge is -2.15. The van der Waals surface area contributed by atoms with Crippen molar-refractivity contribution in [3.8, 4) is 11.1 Å². The molecule has 3 aromatic rings. The molecular weight excluding hydrogens is 412 g/mol. The van der Waals surface area contributed by atoms with Crippen molar-refractivity contribution in [1.82, 2.24) is 4.31 Å². The molecule has 0 spiro atoms. The SMILES string of the molecule is O=C(Nc1ccc(S(=O)(=O)N2CCCC2)cc1)c1ccc2c(c1)C(=O)c1ccccc1-2. The number of sulfonamides is 1. The number of nitrogens with zero attached hydrogens (tertiary/aromatic N) is 1. The maximum absolute atomic E-state index is 12.7. The second-order valence-electron chi connectivity index (χ2n) is 7.72. The van der Waals surface area contributed by atoms with Crippen molar-refractivity contribution in [3.05, 3.63) is 83.4 Å². The molecule has 0 radical (unpaired) electrons. The first-order chi connectivity index (χ1) is 14.9. The number of hydrogen-bond acceptors (Lipinski definition) is 4. The Bertz CT molecular complexity index is 1310. The Hall–Kier alpha value is -3.29. The molecule has 31 heavy (non-hydrogen) atoms. The Morgan fingerprint density at radius 1 is 0.806 bits per heavy atom. The molecule has 7 heteroatoms. The zero-order valence-corrected chi connectivity index (χ0v) is 17.5. The van der Waals surface area contributed by atoms with Crippen molar-refractivity contribution in [2.45, 2.75) is 17.7 Å². The van der Waals surface area contributed by atoms with Gasteiger partial charge in [-0.25, -0.2) is 8.42 Å². The third-order valence-electron chi connectivity index (χ3n) is 5.80. The van der Waals surface area contributed by atoms with Gasteiger partial charge in [0.05, 0.1) is 4.90 Å². The molecule has 1 fully saturated rings. The van der Waals surface area contributed by atoms with E-state index < -0.39 is 10.0 Å². The van der Waals surface area contributed by atoms with Crippen molar-refractivity contribution in [3.63, 3.8) is 0 Å². The van der Waals surface area contributed by atoms with Gasteiger partial charge in [-0.05, 0) is 60.4 Å². The molecule has 5 rings (SSSR count). The van der Waals surface area contributed by atoms with Gasteiger partial charge < -0.3 is 5.32 Å². The molecule has 1 aliphatic heterocycles. The van der Waals surface area contributed by atoms with Gasteiger partial charge in [-0.1, -0.05) is 30.3 Å². The van der Waals surface area contributed by atoms with Gasteiger partial charge in [0.25, 0.3) is 5.91 Å². The summed E-state index contributed by atoms with van der Waals surface area (Å²) in [7, 11) is -3.49. The van der Waals surface area contributed by atoms with E-state index in [0.29, 0.717) is 35.5 Å². The average Bonchev–Trinajstić information content (AvgIpc) is 3.43. The molecule has 1 saturated heterocycles. The minimum absolute atomic E-state index is 0.0864. The van der Waals surface area contributed by atoms with Crippen LogP contribution in [0.1, 0.15) is 39.1 Å². The molecule has 1 aliphatic carbocycles. The normalized spacial score (nSPS) is 15.5. The average molecular weight is 433 g/mol. The van der Waals surface area contributed by atoms with Crippen molar-refractivity contribution < 1.29 is 18.0 Å². The number of anilines is 1. The fourth-order valence-corrected chi connectivity index (χ4v) is 5.68. The van der Waals surface area contributed by atoms with Crippen molar-refractivity contribution in [2.75, 3.05) is 18.4 Å². The summed E-state index contributed by atoms with van der Waals surface area (Å²) in [5.41, 5.74) is 3.72. The van der Waals surface area contributed by atoms with E-state index in [4.69, 9.17) is 0 Å². The fourth-order valence-electron chi connectivity index (χ4n) is 4.16. The van der Waals surface area contributed by atoms with Crippen LogP contribution < -0.4 is 5.32 Å². The van der Waals surface area contributed by atoms with Gasteiger partial charge in [0.15, 0.2) is 5.78 Å². The number of ketones is 1. The Morgan fingerprint density at radius 2 is 1.45 bits per heavy atom. The summed E-state index contributed by atoms with van der Waals surface area (Å²) in [4.78, 5) is 25.6. The van der Waals surface area contributed by atoms with Crippen molar-refractivity contribution >= 4 is 27.4 Å². The molecule has 0 unspecified atom stereocenters. The molecule has 1 amide bonds. The van der Waals surface area contributed by atoms with Crippen LogP contribution in [0.15, 0.2) is 71.6 Å². The number of nitrogens with one attached hydrogen (secondary N) is 1. The van der Waals surface area contributed by atoms with Crippen LogP contribution in [-0.2, 0) is 10.0 Å². The van der Waals surface area contributed by atoms with E-state index >= 15 is 0 Å². The van der Waals surface area contributed by atoms with E-state index in [1.807, 2.05) is 18.2 Å². The Kier molecular flexibility index (Phi) is 4.72. The summed E-state index contributed by atoms with van der Waals surface area (Å²) < 4.78 is 26.7. The standard InChI is InChI=1S/C24H20N2O4S/c27-23-21-6-2-1-5-19(21)20-12-7-16(15-22(20)23)24(28)25-17-8-10-18(11-9-17)31(29,30)26-13-3-4-14-26/h1-2,5-12,15H,3-4,13-14H2,(H,25,28). The van der Waals surface area contributed by atoms with E-state index in [1.165, 1.54) is 16.4 Å². The van der Waals surface area contributed by atoms with Crippen LogP contribution in [0, 0.1) is 0 Å². The molecule has 6 nitrogen and oxygen atoms in total. The highest BCUT2D eigenvalue weighted by atomic mass is 32.2. The summed E-state index contributed by atoms with van der Waals surface area (Å²) in [5, 5.41) is 2.77. The van der Waals surface area contributed by atoms with E-state index in [0.717, 1.165) is 24.0 Å². The summed E-state index contributed by atoms with van der Waals surface area (Å²) in [6.45, 7) is 1.09. The summed E-state index contributed by atoms with van der Waals surface area (Å²) >= 11 is 0. The van der Waals surface area contributed by atoms with Crippen LogP contribution >= 0.6 is 0 Å². The van der Waals surface area contributed by atoms with Gasteiger partial charge in [0.2, 0.25) is 10.0 Å². The smallest absolute Gasteiger partial charge is 0.255 e. The molecule has 0 bridgehead atoms. The van der Waals surface area contributed by atoms with E-state index in [9.17, 15) is 18.0 Å². The first-order valence-electron chi connectivity index (χ1n) is 10.1. The van der Waals surface area contributed by atoms with Crippen LogP contribution in [0.4, 0.5) is 5.69 Å². The number of rotatable bonds is 4. The fraction of sp³-hybridized carbons (Fsp3) is 0.167. The number of benzene rings is 3. The predicted octanol–water partition coefficient (Wildman–Crippen LogP) is 3.93. The van der Waals surface area contributed by atoms with Crippen molar-refractivity contribution in [2.24, 2.45) is 0 Å². The van der Waals surface area contributed by atoms with Crippen LogP contribution in [0.3, 0.4) is 0 Å². The first kappa shape index (κ1) is 19.7. The number of amides is 1. The van der Waals surface area contributed by atoms with Gasteiger partial charge in [0, 0.05) is 35.5 Å². The molecule has 1 N–H and O–H groups in total. The second kappa shape index (κ2) is 7.44. The third kappa shape index (κ3) is 3.36. The predicted molar refractivity (Wildman–Crippen MR) is 118 cm³/mol. The van der Waals surface area contributed by atoms with Gasteiger partial charge in [-0.15, -0.1) is 0 Å². The summed E-state index contributed by atoms with van der Waals surface area (Å²) in [5.74, 6) is -0.446. The molecule has 0 atom stereocenters. The van der Waals surface area contributed by atoms with Crippen LogP contribution in [0.25, 0.3) is 11.1 Å². The maximum Gasteiger partial charge on any atom is 0.255 e. The summed E-state index contributed by atoms with van der Waals surface area (Å²) in [6.07, 6.45) is 1.75. The highest BCUT2D eigenvalue weighted by Crippen LogP contribution is 2.36. The van der Waals surface area contributed by atoms with Gasteiger partial charge in [-0.2, -0.15) is 4.31 Å². The monoisotopic (exact) mass is 432 g/mol.